The van der Waals surface area contributed by atoms with Crippen molar-refractivity contribution in [3.8, 4) is 0 Å². The van der Waals surface area contributed by atoms with E-state index < -0.39 is 162 Å². The van der Waals surface area contributed by atoms with Crippen LogP contribution in [0.5, 0.6) is 0 Å². The summed E-state index contributed by atoms with van der Waals surface area (Å²) in [6, 6.07) is -13.5. The Bertz CT molecular complexity index is 2230. The molecule has 0 rings (SSSR count). The first-order chi connectivity index (χ1) is 40.5. The van der Waals surface area contributed by atoms with E-state index in [1.165, 1.54) is 6.92 Å². The first-order valence-electron chi connectivity index (χ1n) is 31.2. The molecule has 27 heteroatoms. The van der Waals surface area contributed by atoms with Crippen molar-refractivity contribution in [2.24, 2.45) is 58.6 Å². The number of carboxylic acids is 2. The highest BCUT2D eigenvalue weighted by atomic mass is 16.4. The number of carboxylic acid groups (broad SMARTS) is 2. The Kier molecular flexibility index (Phi) is 38.5. The standard InChI is InChI=1S/C60H111N13O14/c1-16-37(14)49(73-53(79)42(23-24-46(74)75)65-50(76)39(63)27-31(2)3)59(85)70-45(30-34(8)9)56(82)71-48(36(12)13)58(84)72-47(35(10)11)57(83)67-41(22-18-20-26-62)51(77)66-40(21-17-19-25-61)52(78)68-44(29-33(6)7)55(81)69-43(28-32(4)5)54(80)64-38(15)60(86)87/h31-45,47-49H,16-30,61-63H2,1-15H3,(H,64,80)(H,65,76)(H,66,77)(H,67,83)(H,68,78)(H,69,81)(H,70,85)(H,71,82)(H,72,84)(H,73,79)(H,74,75)(H,86,87)/t37-,38-,39-,40-,41-,42-,43-,44-,45-,47-,48-,49-/m0/s1. The van der Waals surface area contributed by atoms with E-state index in [4.69, 9.17) is 17.2 Å². The number of aliphatic carboxylic acids is 2. The van der Waals surface area contributed by atoms with Crippen molar-refractivity contribution >= 4 is 71.0 Å². The first-order valence-corrected chi connectivity index (χ1v) is 31.2. The summed E-state index contributed by atoms with van der Waals surface area (Å²) >= 11 is 0. The number of rotatable bonds is 44. The van der Waals surface area contributed by atoms with Crippen LogP contribution in [0, 0.1) is 41.4 Å². The zero-order valence-electron chi connectivity index (χ0n) is 54.5. The smallest absolute Gasteiger partial charge is 0.325 e. The van der Waals surface area contributed by atoms with Crippen LogP contribution in [-0.2, 0) is 57.5 Å². The number of hydrogen-bond donors (Lipinski definition) is 15. The molecule has 0 fully saturated rings. The van der Waals surface area contributed by atoms with Crippen molar-refractivity contribution in [3.63, 3.8) is 0 Å². The summed E-state index contributed by atoms with van der Waals surface area (Å²) in [6.45, 7) is 26.6. The van der Waals surface area contributed by atoms with Gasteiger partial charge in [0.1, 0.15) is 60.4 Å². The van der Waals surface area contributed by atoms with Gasteiger partial charge >= 0.3 is 11.9 Å². The van der Waals surface area contributed by atoms with Gasteiger partial charge in [-0.15, -0.1) is 0 Å². The zero-order chi connectivity index (χ0) is 67.0. The molecule has 18 N–H and O–H groups in total. The summed E-state index contributed by atoms with van der Waals surface area (Å²) in [7, 11) is 0. The van der Waals surface area contributed by atoms with Gasteiger partial charge in [0, 0.05) is 6.42 Å². The summed E-state index contributed by atoms with van der Waals surface area (Å²) in [4.78, 5) is 163. The number of amides is 10. The van der Waals surface area contributed by atoms with Crippen molar-refractivity contribution < 1.29 is 67.7 Å². The maximum atomic E-state index is 14.4. The molecule has 0 bridgehead atoms. The predicted octanol–water partition coefficient (Wildman–Crippen LogP) is 0.931. The van der Waals surface area contributed by atoms with Crippen molar-refractivity contribution in [2.45, 2.75) is 254 Å². The minimum absolute atomic E-state index is 0.0430. The Labute approximate surface area is 515 Å². The number of carbonyl (C=O) groups is 12. The van der Waals surface area contributed by atoms with Gasteiger partial charge < -0.3 is 80.6 Å². The second-order valence-corrected chi connectivity index (χ2v) is 25.4. The molecule has 0 heterocycles. The number of hydrogen-bond acceptors (Lipinski definition) is 15. The highest BCUT2D eigenvalue weighted by Gasteiger charge is 2.38. The van der Waals surface area contributed by atoms with Gasteiger partial charge in [0.15, 0.2) is 0 Å². The summed E-state index contributed by atoms with van der Waals surface area (Å²) in [6.07, 6.45) is 2.08. The van der Waals surface area contributed by atoms with E-state index in [1.807, 2.05) is 55.4 Å². The van der Waals surface area contributed by atoms with Crippen LogP contribution in [0.15, 0.2) is 0 Å². The Morgan fingerprint density at radius 2 is 0.655 bits per heavy atom. The third kappa shape index (κ3) is 31.8. The molecule has 0 aliphatic carbocycles. The fourth-order valence-electron chi connectivity index (χ4n) is 9.30. The van der Waals surface area contributed by atoms with Crippen LogP contribution in [0.1, 0.15) is 187 Å². The lowest BCUT2D eigenvalue weighted by molar-refractivity contribution is -0.142. The van der Waals surface area contributed by atoms with Crippen LogP contribution in [0.25, 0.3) is 0 Å². The highest BCUT2D eigenvalue weighted by Crippen LogP contribution is 2.16. The molecule has 500 valence electrons. The van der Waals surface area contributed by atoms with Gasteiger partial charge in [-0.2, -0.15) is 0 Å². The van der Waals surface area contributed by atoms with Crippen LogP contribution >= 0.6 is 0 Å². The van der Waals surface area contributed by atoms with E-state index in [9.17, 15) is 67.7 Å². The summed E-state index contributed by atoms with van der Waals surface area (Å²) in [5.74, 6) is -12.0. The molecule has 0 aliphatic rings. The minimum atomic E-state index is -1.36. The fraction of sp³-hybridized carbons (Fsp3) is 0.800. The van der Waals surface area contributed by atoms with E-state index in [1.54, 1.807) is 41.5 Å². The van der Waals surface area contributed by atoms with Crippen LogP contribution in [-0.4, -0.2) is 161 Å². The lowest BCUT2D eigenvalue weighted by Crippen LogP contribution is -2.62. The summed E-state index contributed by atoms with van der Waals surface area (Å²) in [5, 5.41) is 45.6. The average molecular weight is 1240 g/mol. The normalized spacial score (nSPS) is 15.7. The highest BCUT2D eigenvalue weighted by molar-refractivity contribution is 5.99. The van der Waals surface area contributed by atoms with E-state index in [0.29, 0.717) is 38.5 Å². The Balaban J connectivity index is 6.86. The monoisotopic (exact) mass is 1240 g/mol. The molecule has 0 spiro atoms. The Morgan fingerprint density at radius 1 is 0.356 bits per heavy atom. The largest absolute Gasteiger partial charge is 0.481 e. The van der Waals surface area contributed by atoms with Crippen molar-refractivity contribution in [1.82, 2.24) is 53.2 Å². The van der Waals surface area contributed by atoms with Gasteiger partial charge in [0.2, 0.25) is 59.1 Å². The number of carbonyl (C=O) groups excluding carboxylic acids is 10. The summed E-state index contributed by atoms with van der Waals surface area (Å²) < 4.78 is 0. The Hall–Kier alpha value is -6.48. The molecule has 27 nitrogen and oxygen atoms in total. The number of unbranched alkanes of at least 4 members (excludes halogenated alkanes) is 2. The van der Waals surface area contributed by atoms with Crippen molar-refractivity contribution in [3.05, 3.63) is 0 Å². The van der Waals surface area contributed by atoms with E-state index in [-0.39, 0.29) is 75.3 Å². The van der Waals surface area contributed by atoms with Gasteiger partial charge in [-0.3, -0.25) is 57.5 Å². The molecule has 0 unspecified atom stereocenters. The van der Waals surface area contributed by atoms with Crippen molar-refractivity contribution in [1.29, 1.82) is 0 Å². The number of nitrogens with two attached hydrogens (primary N) is 3. The molecule has 0 aliphatic heterocycles. The van der Waals surface area contributed by atoms with Crippen LogP contribution in [0.3, 0.4) is 0 Å². The van der Waals surface area contributed by atoms with Crippen molar-refractivity contribution in [2.75, 3.05) is 13.1 Å². The molecular formula is C60H111N13O14. The van der Waals surface area contributed by atoms with E-state index >= 15 is 0 Å². The SMILES string of the molecule is CC[C@H](C)[C@H](NC(=O)[C@H](CCC(=O)O)NC(=O)[C@@H](N)CC(C)C)C(=O)N[C@@H](CC(C)C)C(=O)N[C@H](C(=O)N[C@H](C(=O)N[C@@H](CCCCN)C(=O)N[C@@H](CCCCN)C(=O)N[C@@H](CC(C)C)C(=O)N[C@@H](CC(C)C)C(=O)N[C@@H](C)C(=O)O)C(C)C)C(C)C. The van der Waals surface area contributed by atoms with E-state index in [0.717, 1.165) is 0 Å². The molecule has 0 aromatic heterocycles. The predicted molar refractivity (Wildman–Crippen MR) is 330 cm³/mol. The molecule has 0 radical (unpaired) electrons. The average Bonchev–Trinajstić information content (AvgIpc) is 2.68. The fourth-order valence-corrected chi connectivity index (χ4v) is 9.30. The molecular weight excluding hydrogens is 1130 g/mol. The molecule has 0 aromatic carbocycles. The third-order valence-electron chi connectivity index (χ3n) is 14.5. The summed E-state index contributed by atoms with van der Waals surface area (Å²) in [5.41, 5.74) is 17.7. The minimum Gasteiger partial charge on any atom is -0.481 e. The second-order valence-electron chi connectivity index (χ2n) is 25.4. The zero-order valence-corrected chi connectivity index (χ0v) is 54.5. The molecule has 0 saturated carbocycles. The first kappa shape index (κ1) is 80.5. The second kappa shape index (κ2) is 41.6. The van der Waals surface area contributed by atoms with Gasteiger partial charge in [-0.1, -0.05) is 103 Å². The topological polar surface area (TPSA) is 444 Å². The third-order valence-corrected chi connectivity index (χ3v) is 14.5. The van der Waals surface area contributed by atoms with Gasteiger partial charge in [-0.05, 0) is 132 Å². The molecule has 12 atom stereocenters. The van der Waals surface area contributed by atoms with Crippen LogP contribution < -0.4 is 70.4 Å². The van der Waals surface area contributed by atoms with Crippen LogP contribution in [0.4, 0.5) is 0 Å². The Morgan fingerprint density at radius 3 is 1.03 bits per heavy atom. The molecule has 87 heavy (non-hydrogen) atoms. The lowest BCUT2D eigenvalue weighted by Gasteiger charge is -2.31. The maximum Gasteiger partial charge on any atom is 0.325 e. The van der Waals surface area contributed by atoms with Crippen LogP contribution in [0.2, 0.25) is 0 Å². The maximum absolute atomic E-state index is 14.4. The number of nitrogens with one attached hydrogen (secondary N) is 10. The van der Waals surface area contributed by atoms with Gasteiger partial charge in [0.05, 0.1) is 6.04 Å². The quantitative estimate of drug-likeness (QED) is 0.0377. The molecule has 0 saturated heterocycles. The molecule has 10 amide bonds. The lowest BCUT2D eigenvalue weighted by atomic mass is 9.95. The van der Waals surface area contributed by atoms with Gasteiger partial charge in [0.25, 0.3) is 0 Å². The van der Waals surface area contributed by atoms with E-state index in [2.05, 4.69) is 53.2 Å². The van der Waals surface area contributed by atoms with Gasteiger partial charge in [-0.25, -0.2) is 0 Å². The molecule has 0 aromatic rings.